The first-order valence-corrected chi connectivity index (χ1v) is 7.44. The zero-order valence-corrected chi connectivity index (χ0v) is 11.0. The summed E-state index contributed by atoms with van der Waals surface area (Å²) >= 11 is 0. The van der Waals surface area contributed by atoms with Gasteiger partial charge in [-0.25, -0.2) is 0 Å². The number of fused-ring (bicyclic) bond motifs is 5. The van der Waals surface area contributed by atoms with Crippen LogP contribution in [-0.4, -0.2) is 18.1 Å². The largest absolute Gasteiger partial charge is 0.316 e. The Morgan fingerprint density at radius 2 is 2.11 bits per heavy atom. The van der Waals surface area contributed by atoms with E-state index in [2.05, 4.69) is 29.5 Å². The monoisotopic (exact) mass is 242 g/mol. The summed E-state index contributed by atoms with van der Waals surface area (Å²) in [6, 6.07) is 4.94. The average molecular weight is 242 g/mol. The molecule has 4 rings (SSSR count). The lowest BCUT2D eigenvalue weighted by Crippen LogP contribution is -2.32. The lowest BCUT2D eigenvalue weighted by atomic mass is 9.94. The molecule has 96 valence electrons. The van der Waals surface area contributed by atoms with Gasteiger partial charge < -0.3 is 5.32 Å². The summed E-state index contributed by atoms with van der Waals surface area (Å²) in [6.07, 6.45) is 9.63. The molecule has 0 saturated heterocycles. The molecule has 0 amide bonds. The molecule has 0 radical (unpaired) electrons. The number of hydrogen-bond donors (Lipinski definition) is 1. The normalized spacial score (nSPS) is 41.7. The van der Waals surface area contributed by atoms with Crippen LogP contribution in [0.5, 0.6) is 0 Å². The van der Waals surface area contributed by atoms with Crippen LogP contribution in [0.15, 0.2) is 24.5 Å². The first kappa shape index (κ1) is 11.0. The average Bonchev–Trinajstić information content (AvgIpc) is 2.84. The number of likely N-dealkylation sites (N-methyl/N-ethyl adjacent to an activating group) is 1. The minimum atomic E-state index is 0.674. The first-order chi connectivity index (χ1) is 8.88. The van der Waals surface area contributed by atoms with Gasteiger partial charge in [-0.05, 0) is 74.0 Å². The van der Waals surface area contributed by atoms with E-state index in [1.165, 1.54) is 18.4 Å². The lowest BCUT2D eigenvalue weighted by molar-refractivity contribution is 0.376. The molecule has 18 heavy (non-hydrogen) atoms. The van der Waals surface area contributed by atoms with Gasteiger partial charge in [0.1, 0.15) is 0 Å². The summed E-state index contributed by atoms with van der Waals surface area (Å²) in [5, 5.41) is 3.58. The smallest absolute Gasteiger partial charge is 0.0300 e. The fraction of sp³-hybridized carbons (Fsp3) is 0.688. The Balaban J connectivity index is 1.47. The van der Waals surface area contributed by atoms with Gasteiger partial charge in [-0.3, -0.25) is 4.98 Å². The zero-order valence-electron chi connectivity index (χ0n) is 11.0. The third-order valence-corrected chi connectivity index (χ3v) is 5.81. The molecule has 3 fully saturated rings. The molecule has 5 unspecified atom stereocenters. The van der Waals surface area contributed by atoms with Crippen molar-refractivity contribution in [1.82, 2.24) is 10.3 Å². The van der Waals surface area contributed by atoms with Crippen LogP contribution in [0.25, 0.3) is 0 Å². The van der Waals surface area contributed by atoms with Gasteiger partial charge >= 0.3 is 0 Å². The molecule has 0 spiro atoms. The number of pyridine rings is 1. The molecule has 2 bridgehead atoms. The molecule has 3 saturated carbocycles. The van der Waals surface area contributed by atoms with E-state index in [0.717, 1.165) is 36.0 Å². The van der Waals surface area contributed by atoms with Gasteiger partial charge in [0.15, 0.2) is 0 Å². The van der Waals surface area contributed by atoms with E-state index >= 15 is 0 Å². The molecular weight excluding hydrogens is 220 g/mol. The third-order valence-electron chi connectivity index (χ3n) is 5.81. The Bertz CT molecular complexity index is 414. The SMILES string of the molecule is CNC(Cc1cccnc1)C1C2C3CCC(C3)C21. The van der Waals surface area contributed by atoms with Crippen LogP contribution in [0, 0.1) is 29.6 Å². The summed E-state index contributed by atoms with van der Waals surface area (Å²) in [6.45, 7) is 0. The second-order valence-electron chi connectivity index (χ2n) is 6.53. The van der Waals surface area contributed by atoms with Crippen molar-refractivity contribution in [3.05, 3.63) is 30.1 Å². The van der Waals surface area contributed by atoms with Crippen LogP contribution in [0.3, 0.4) is 0 Å². The minimum Gasteiger partial charge on any atom is -0.316 e. The maximum atomic E-state index is 4.24. The number of rotatable bonds is 4. The standard InChI is InChI=1S/C16H22N2/c1-17-13(7-10-3-2-6-18-9-10)16-14-11-4-5-12(8-11)15(14)16/h2-3,6,9,11-17H,4-5,7-8H2,1H3. The molecule has 5 atom stereocenters. The van der Waals surface area contributed by atoms with Crippen LogP contribution in [-0.2, 0) is 6.42 Å². The summed E-state index contributed by atoms with van der Waals surface area (Å²) in [4.78, 5) is 4.24. The topological polar surface area (TPSA) is 24.9 Å². The van der Waals surface area contributed by atoms with Crippen LogP contribution in [0.2, 0.25) is 0 Å². The fourth-order valence-electron chi connectivity index (χ4n) is 5.13. The summed E-state index contributed by atoms with van der Waals surface area (Å²) in [7, 11) is 2.14. The van der Waals surface area contributed by atoms with Gasteiger partial charge in [-0.2, -0.15) is 0 Å². The second-order valence-corrected chi connectivity index (χ2v) is 6.53. The molecule has 1 heterocycles. The van der Waals surface area contributed by atoms with Crippen molar-refractivity contribution < 1.29 is 0 Å². The highest BCUT2D eigenvalue weighted by atomic mass is 14.9. The van der Waals surface area contributed by atoms with Crippen molar-refractivity contribution >= 4 is 0 Å². The molecule has 1 N–H and O–H groups in total. The van der Waals surface area contributed by atoms with E-state index in [9.17, 15) is 0 Å². The maximum absolute atomic E-state index is 4.24. The molecule has 2 nitrogen and oxygen atoms in total. The van der Waals surface area contributed by atoms with Crippen molar-refractivity contribution in [2.75, 3.05) is 7.05 Å². The first-order valence-electron chi connectivity index (χ1n) is 7.44. The summed E-state index contributed by atoms with van der Waals surface area (Å²) in [5.74, 6) is 5.25. The Morgan fingerprint density at radius 1 is 1.33 bits per heavy atom. The molecule has 3 aliphatic carbocycles. The van der Waals surface area contributed by atoms with E-state index in [0.29, 0.717) is 6.04 Å². The molecule has 3 aliphatic rings. The quantitative estimate of drug-likeness (QED) is 0.877. The van der Waals surface area contributed by atoms with Crippen molar-refractivity contribution in [3.63, 3.8) is 0 Å². The molecular formula is C16H22N2. The number of aromatic nitrogens is 1. The van der Waals surface area contributed by atoms with Gasteiger partial charge in [0.2, 0.25) is 0 Å². The van der Waals surface area contributed by atoms with Gasteiger partial charge in [0.05, 0.1) is 0 Å². The summed E-state index contributed by atoms with van der Waals surface area (Å²) < 4.78 is 0. The van der Waals surface area contributed by atoms with Crippen LogP contribution >= 0.6 is 0 Å². The lowest BCUT2D eigenvalue weighted by Gasteiger charge is -2.20. The van der Waals surface area contributed by atoms with Gasteiger partial charge in [-0.15, -0.1) is 0 Å². The summed E-state index contributed by atoms with van der Waals surface area (Å²) in [5.41, 5.74) is 1.38. The maximum Gasteiger partial charge on any atom is 0.0300 e. The Labute approximate surface area is 109 Å². The Hall–Kier alpha value is -0.890. The van der Waals surface area contributed by atoms with E-state index in [1.54, 1.807) is 6.42 Å². The van der Waals surface area contributed by atoms with Gasteiger partial charge in [0, 0.05) is 18.4 Å². The van der Waals surface area contributed by atoms with Crippen molar-refractivity contribution in [1.29, 1.82) is 0 Å². The highest BCUT2D eigenvalue weighted by Crippen LogP contribution is 2.70. The Kier molecular flexibility index (Phi) is 2.47. The fourth-order valence-corrected chi connectivity index (χ4v) is 5.13. The number of nitrogens with one attached hydrogen (secondary N) is 1. The zero-order chi connectivity index (χ0) is 12.1. The van der Waals surface area contributed by atoms with E-state index < -0.39 is 0 Å². The van der Waals surface area contributed by atoms with Crippen molar-refractivity contribution in [2.45, 2.75) is 31.7 Å². The van der Waals surface area contributed by atoms with E-state index in [1.807, 2.05) is 12.4 Å². The second kappa shape index (κ2) is 4.06. The Morgan fingerprint density at radius 3 is 2.72 bits per heavy atom. The van der Waals surface area contributed by atoms with Crippen LogP contribution in [0.1, 0.15) is 24.8 Å². The van der Waals surface area contributed by atoms with E-state index in [-0.39, 0.29) is 0 Å². The molecule has 2 heteroatoms. The van der Waals surface area contributed by atoms with Crippen LogP contribution in [0.4, 0.5) is 0 Å². The van der Waals surface area contributed by atoms with Crippen LogP contribution < -0.4 is 5.32 Å². The molecule has 0 aromatic carbocycles. The number of hydrogen-bond acceptors (Lipinski definition) is 2. The molecule has 1 aromatic heterocycles. The molecule has 1 aromatic rings. The van der Waals surface area contributed by atoms with Gasteiger partial charge in [0.25, 0.3) is 0 Å². The third kappa shape index (κ3) is 1.55. The molecule has 0 aliphatic heterocycles. The van der Waals surface area contributed by atoms with E-state index in [4.69, 9.17) is 0 Å². The minimum absolute atomic E-state index is 0.674. The number of nitrogens with zero attached hydrogens (tertiary/aromatic N) is 1. The van der Waals surface area contributed by atoms with Crippen molar-refractivity contribution in [2.24, 2.45) is 29.6 Å². The predicted molar refractivity (Wildman–Crippen MR) is 72.1 cm³/mol. The predicted octanol–water partition coefficient (Wildman–Crippen LogP) is 2.50. The highest BCUT2D eigenvalue weighted by molar-refractivity contribution is 5.19. The van der Waals surface area contributed by atoms with Crippen molar-refractivity contribution in [3.8, 4) is 0 Å². The van der Waals surface area contributed by atoms with Gasteiger partial charge in [-0.1, -0.05) is 6.07 Å². The highest BCUT2D eigenvalue weighted by Gasteiger charge is 2.66.